The van der Waals surface area contributed by atoms with Gasteiger partial charge in [0, 0.05) is 0 Å². The van der Waals surface area contributed by atoms with Crippen LogP contribution in [0.1, 0.15) is 44.2 Å². The van der Waals surface area contributed by atoms with E-state index in [9.17, 15) is 27.9 Å². The van der Waals surface area contributed by atoms with Crippen molar-refractivity contribution in [1.82, 2.24) is 0 Å². The van der Waals surface area contributed by atoms with E-state index in [1.165, 1.54) is 0 Å². The number of alkyl halides is 3. The number of benzene rings is 2. The molecule has 2 aromatic carbocycles. The third-order valence-corrected chi connectivity index (χ3v) is 5.03. The van der Waals surface area contributed by atoms with Crippen molar-refractivity contribution < 1.29 is 37.3 Å². The van der Waals surface area contributed by atoms with Crippen LogP contribution in [0.5, 0.6) is 11.5 Å². The zero-order valence-electron chi connectivity index (χ0n) is 17.4. The molecule has 0 amide bonds. The molecule has 0 saturated carbocycles. The maximum Gasteiger partial charge on any atom is 0.416 e. The molecule has 0 aliphatic rings. The van der Waals surface area contributed by atoms with E-state index in [4.69, 9.17) is 9.47 Å². The van der Waals surface area contributed by atoms with Crippen molar-refractivity contribution in [1.29, 1.82) is 0 Å². The van der Waals surface area contributed by atoms with Crippen LogP contribution >= 0.6 is 0 Å². The van der Waals surface area contributed by atoms with Gasteiger partial charge in [-0.3, -0.25) is 9.59 Å². The van der Waals surface area contributed by atoms with Crippen molar-refractivity contribution in [2.75, 3.05) is 6.61 Å². The highest BCUT2D eigenvalue weighted by atomic mass is 19.4. The first kappa shape index (κ1) is 24.2. The first-order chi connectivity index (χ1) is 14.6. The number of ether oxygens (including phenoxy) is 2. The molecule has 5 nitrogen and oxygen atoms in total. The lowest BCUT2D eigenvalue weighted by atomic mass is 9.79. The van der Waals surface area contributed by atoms with Gasteiger partial charge in [0.05, 0.1) is 12.2 Å². The molecule has 0 heterocycles. The van der Waals surface area contributed by atoms with E-state index < -0.39 is 29.1 Å². The Balaban J connectivity index is 2.18. The minimum absolute atomic E-state index is 0.0701. The number of aromatic hydroxyl groups is 1. The topological polar surface area (TPSA) is 72.8 Å². The van der Waals surface area contributed by atoms with Crippen LogP contribution in [0.4, 0.5) is 13.2 Å². The average molecular weight is 438 g/mol. The maximum absolute atomic E-state index is 13.0. The summed E-state index contributed by atoms with van der Waals surface area (Å²) in [4.78, 5) is 25.7. The van der Waals surface area contributed by atoms with Crippen LogP contribution in [0.15, 0.2) is 48.5 Å². The van der Waals surface area contributed by atoms with Crippen LogP contribution in [0.25, 0.3) is 0 Å². The lowest BCUT2D eigenvalue weighted by molar-refractivity contribution is -0.168. The van der Waals surface area contributed by atoms with E-state index >= 15 is 0 Å². The maximum atomic E-state index is 13.0. The summed E-state index contributed by atoms with van der Waals surface area (Å²) >= 11 is 0. The second-order valence-corrected chi connectivity index (χ2v) is 7.09. The minimum atomic E-state index is -4.51. The number of carbonyl (C=O) groups is 2. The molecule has 1 unspecified atom stereocenters. The van der Waals surface area contributed by atoms with Gasteiger partial charge >= 0.3 is 18.1 Å². The van der Waals surface area contributed by atoms with Gasteiger partial charge in [0.15, 0.2) is 5.41 Å². The Hall–Kier alpha value is -3.03. The number of carbonyl (C=O) groups excluding carboxylic acids is 2. The first-order valence-corrected chi connectivity index (χ1v) is 9.97. The van der Waals surface area contributed by atoms with Crippen molar-refractivity contribution in [3.05, 3.63) is 59.7 Å². The number of hydrogen-bond donors (Lipinski definition) is 1. The quantitative estimate of drug-likeness (QED) is 0.327. The van der Waals surface area contributed by atoms with Crippen molar-refractivity contribution in [2.45, 2.75) is 45.7 Å². The van der Waals surface area contributed by atoms with Gasteiger partial charge in [-0.15, -0.1) is 0 Å². The molecule has 0 spiro atoms. The van der Waals surface area contributed by atoms with E-state index in [1.54, 1.807) is 32.0 Å². The van der Waals surface area contributed by atoms with E-state index in [0.717, 1.165) is 29.8 Å². The van der Waals surface area contributed by atoms with Crippen LogP contribution in [0, 0.1) is 5.41 Å². The van der Waals surface area contributed by atoms with E-state index in [2.05, 4.69) is 0 Å². The standard InChI is InChI=1S/C23H25F3O5/c1-3-22(20(28)30-4-2,14-6-8-16-7-5-9-18(27)15-16)21(29)31-19-12-10-17(11-13-19)23(24,25)26/h5,7,9-13,15,27H,3-4,6,8,14H2,1-2H3. The lowest BCUT2D eigenvalue weighted by Crippen LogP contribution is -2.43. The lowest BCUT2D eigenvalue weighted by Gasteiger charge is -2.28. The number of phenolic OH excluding ortho intramolecular Hbond substituents is 1. The Labute approximate surface area is 178 Å². The normalized spacial score (nSPS) is 13.3. The fraction of sp³-hybridized carbons (Fsp3) is 0.391. The molecule has 0 saturated heterocycles. The molecule has 31 heavy (non-hydrogen) atoms. The van der Waals surface area contributed by atoms with Gasteiger partial charge in [-0.2, -0.15) is 13.2 Å². The van der Waals surface area contributed by atoms with Crippen LogP contribution in [0.3, 0.4) is 0 Å². The van der Waals surface area contributed by atoms with Gasteiger partial charge in [-0.05, 0) is 74.6 Å². The number of phenols is 1. The highest BCUT2D eigenvalue weighted by Gasteiger charge is 2.47. The molecule has 1 atom stereocenters. The predicted octanol–water partition coefficient (Wildman–Crippen LogP) is 5.30. The predicted molar refractivity (Wildman–Crippen MR) is 107 cm³/mol. The summed E-state index contributed by atoms with van der Waals surface area (Å²) in [6.07, 6.45) is -3.35. The van der Waals surface area contributed by atoms with E-state index in [1.807, 2.05) is 6.07 Å². The Kier molecular flexibility index (Phi) is 8.08. The average Bonchev–Trinajstić information content (AvgIpc) is 2.71. The van der Waals surface area contributed by atoms with Gasteiger partial charge in [0.1, 0.15) is 11.5 Å². The summed E-state index contributed by atoms with van der Waals surface area (Å²) in [7, 11) is 0. The Morgan fingerprint density at radius 1 is 1.00 bits per heavy atom. The summed E-state index contributed by atoms with van der Waals surface area (Å²) in [5.74, 6) is -1.58. The van der Waals surface area contributed by atoms with Crippen molar-refractivity contribution in [3.8, 4) is 11.5 Å². The van der Waals surface area contributed by atoms with Gasteiger partial charge in [-0.1, -0.05) is 19.1 Å². The summed E-state index contributed by atoms with van der Waals surface area (Å²) in [5, 5.41) is 9.58. The Morgan fingerprint density at radius 3 is 2.23 bits per heavy atom. The number of esters is 2. The second-order valence-electron chi connectivity index (χ2n) is 7.09. The largest absolute Gasteiger partial charge is 0.508 e. The summed E-state index contributed by atoms with van der Waals surface area (Å²) in [6.45, 7) is 3.34. The number of halogens is 3. The van der Waals surface area contributed by atoms with Crippen molar-refractivity contribution >= 4 is 11.9 Å². The third-order valence-electron chi connectivity index (χ3n) is 5.03. The summed E-state index contributed by atoms with van der Waals surface area (Å²) in [6, 6.07) is 10.3. The van der Waals surface area contributed by atoms with Crippen molar-refractivity contribution in [3.63, 3.8) is 0 Å². The fourth-order valence-corrected chi connectivity index (χ4v) is 3.25. The molecule has 0 aromatic heterocycles. The van der Waals surface area contributed by atoms with Crippen LogP contribution in [-0.2, 0) is 26.9 Å². The Bertz CT molecular complexity index is 893. The number of hydrogen-bond acceptors (Lipinski definition) is 5. The molecular weight excluding hydrogens is 413 g/mol. The number of rotatable bonds is 9. The molecule has 2 rings (SSSR count). The Morgan fingerprint density at radius 2 is 1.68 bits per heavy atom. The SMILES string of the molecule is CCOC(=O)C(CC)(CCCc1cccc(O)c1)C(=O)Oc1ccc(C(F)(F)F)cc1. The number of aryl methyl sites for hydroxylation is 1. The fourth-order valence-electron chi connectivity index (χ4n) is 3.25. The third kappa shape index (κ3) is 6.23. The monoisotopic (exact) mass is 438 g/mol. The highest BCUT2D eigenvalue weighted by molar-refractivity contribution is 6.00. The molecule has 2 aromatic rings. The van der Waals surface area contributed by atoms with E-state index in [-0.39, 0.29) is 30.9 Å². The molecule has 0 bridgehead atoms. The smallest absolute Gasteiger partial charge is 0.416 e. The molecule has 0 fully saturated rings. The second kappa shape index (κ2) is 10.3. The van der Waals surface area contributed by atoms with Gasteiger partial charge in [0.25, 0.3) is 0 Å². The zero-order valence-corrected chi connectivity index (χ0v) is 17.4. The molecule has 168 valence electrons. The highest BCUT2D eigenvalue weighted by Crippen LogP contribution is 2.35. The van der Waals surface area contributed by atoms with Gasteiger partial charge in [0.2, 0.25) is 0 Å². The van der Waals surface area contributed by atoms with E-state index in [0.29, 0.717) is 12.8 Å². The van der Waals surface area contributed by atoms with Crippen LogP contribution in [-0.4, -0.2) is 23.7 Å². The summed E-state index contributed by atoms with van der Waals surface area (Å²) in [5.41, 5.74) is -1.62. The molecular formula is C23H25F3O5. The van der Waals surface area contributed by atoms with Gasteiger partial charge < -0.3 is 14.6 Å². The molecule has 0 radical (unpaired) electrons. The first-order valence-electron chi connectivity index (χ1n) is 9.97. The van der Waals surface area contributed by atoms with Crippen LogP contribution < -0.4 is 4.74 Å². The van der Waals surface area contributed by atoms with Crippen LogP contribution in [0.2, 0.25) is 0 Å². The molecule has 0 aliphatic heterocycles. The molecule has 1 N–H and O–H groups in total. The minimum Gasteiger partial charge on any atom is -0.508 e. The van der Waals surface area contributed by atoms with Gasteiger partial charge in [-0.25, -0.2) is 0 Å². The zero-order chi connectivity index (χ0) is 23.1. The molecule has 8 heteroatoms. The summed E-state index contributed by atoms with van der Waals surface area (Å²) < 4.78 is 48.6. The molecule has 0 aliphatic carbocycles. The van der Waals surface area contributed by atoms with Crippen molar-refractivity contribution in [2.24, 2.45) is 5.41 Å².